The van der Waals surface area contributed by atoms with Gasteiger partial charge in [0.1, 0.15) is 0 Å². The van der Waals surface area contributed by atoms with Crippen LogP contribution in [0.5, 0.6) is 0 Å². The molecule has 0 saturated heterocycles. The first-order chi connectivity index (χ1) is 12.5. The molecule has 0 aliphatic heterocycles. The fourth-order valence-corrected chi connectivity index (χ4v) is 5.57. The maximum atomic E-state index is 12.9. The Morgan fingerprint density at radius 3 is 2.15 bits per heavy atom. The zero-order chi connectivity index (χ0) is 18.3. The molecule has 1 atom stereocenters. The van der Waals surface area contributed by atoms with Gasteiger partial charge in [-0.15, -0.1) is 0 Å². The number of benzene rings is 1. The van der Waals surface area contributed by atoms with E-state index in [1.165, 1.54) is 19.3 Å². The highest BCUT2D eigenvalue weighted by atomic mass is 16.5. The average molecular weight is 352 g/mol. The summed E-state index contributed by atoms with van der Waals surface area (Å²) in [5.74, 6) is 1.47. The van der Waals surface area contributed by atoms with Gasteiger partial charge in [0.2, 0.25) is 0 Å². The van der Waals surface area contributed by atoms with E-state index in [-0.39, 0.29) is 17.3 Å². The second-order valence-electron chi connectivity index (χ2n) is 8.42. The van der Waals surface area contributed by atoms with Crippen LogP contribution in [0.25, 0.3) is 0 Å². The Kier molecular flexibility index (Phi) is 4.22. The average Bonchev–Trinajstić information content (AvgIpc) is 2.61. The summed E-state index contributed by atoms with van der Waals surface area (Å²) in [6, 6.07) is 8.66. The quantitative estimate of drug-likeness (QED) is 0.839. The molecule has 0 unspecified atom stereocenters. The molecule has 1 aromatic carbocycles. The molecule has 0 aromatic heterocycles. The van der Waals surface area contributed by atoms with Crippen LogP contribution in [-0.2, 0) is 14.3 Å². The fourth-order valence-electron chi connectivity index (χ4n) is 5.57. The molecule has 4 aliphatic rings. The van der Waals surface area contributed by atoms with Crippen molar-refractivity contribution in [3.05, 3.63) is 29.8 Å². The summed E-state index contributed by atoms with van der Waals surface area (Å²) >= 11 is 0. The van der Waals surface area contributed by atoms with E-state index in [0.717, 1.165) is 19.3 Å². The van der Waals surface area contributed by atoms with Crippen LogP contribution in [0.15, 0.2) is 24.3 Å². The smallest absolute Gasteiger partial charge is 0.312 e. The van der Waals surface area contributed by atoms with Crippen molar-refractivity contribution in [1.29, 1.82) is 5.26 Å². The molecule has 26 heavy (non-hydrogen) atoms. The lowest BCUT2D eigenvalue weighted by atomic mass is 9.49. The van der Waals surface area contributed by atoms with Crippen molar-refractivity contribution in [3.63, 3.8) is 0 Å². The monoisotopic (exact) mass is 352 g/mol. The number of ether oxygens (including phenoxy) is 1. The van der Waals surface area contributed by atoms with Crippen molar-refractivity contribution in [2.45, 2.75) is 51.6 Å². The number of rotatable bonds is 4. The SMILES string of the molecule is C[C@H](OC(=O)C12CC3CC(CC(C3)C1)C2)C(=O)Nc1ccc(C#N)cc1. The van der Waals surface area contributed by atoms with Gasteiger partial charge in [0.05, 0.1) is 17.0 Å². The largest absolute Gasteiger partial charge is 0.452 e. The van der Waals surface area contributed by atoms with Crippen LogP contribution in [-0.4, -0.2) is 18.0 Å². The summed E-state index contributed by atoms with van der Waals surface area (Å²) in [7, 11) is 0. The standard InChI is InChI=1S/C21H24N2O3/c1-13(19(24)23-18-4-2-14(12-22)3-5-18)26-20(25)21-9-15-6-16(10-21)8-17(7-15)11-21/h2-5,13,15-17H,6-11H2,1H3,(H,23,24)/t13-,15?,16?,17?,21?/m0/s1. The Morgan fingerprint density at radius 2 is 1.65 bits per heavy atom. The van der Waals surface area contributed by atoms with Gasteiger partial charge < -0.3 is 10.1 Å². The van der Waals surface area contributed by atoms with Crippen molar-refractivity contribution < 1.29 is 14.3 Å². The van der Waals surface area contributed by atoms with Crippen LogP contribution >= 0.6 is 0 Å². The third-order valence-electron chi connectivity index (χ3n) is 6.41. The first-order valence-corrected chi connectivity index (χ1v) is 9.49. The lowest BCUT2D eigenvalue weighted by Crippen LogP contribution is -2.51. The summed E-state index contributed by atoms with van der Waals surface area (Å²) in [6.07, 6.45) is 5.76. The van der Waals surface area contributed by atoms with Crippen molar-refractivity contribution in [1.82, 2.24) is 0 Å². The van der Waals surface area contributed by atoms with Gasteiger partial charge in [-0.3, -0.25) is 9.59 Å². The molecule has 5 heteroatoms. The zero-order valence-electron chi connectivity index (χ0n) is 15.0. The highest BCUT2D eigenvalue weighted by Gasteiger charge is 2.55. The van der Waals surface area contributed by atoms with E-state index >= 15 is 0 Å². The number of hydrogen-bond donors (Lipinski definition) is 1. The summed E-state index contributed by atoms with van der Waals surface area (Å²) in [6.45, 7) is 1.62. The van der Waals surface area contributed by atoms with E-state index in [0.29, 0.717) is 29.0 Å². The number of carbonyl (C=O) groups is 2. The number of amides is 1. The Balaban J connectivity index is 1.38. The zero-order valence-corrected chi connectivity index (χ0v) is 15.0. The van der Waals surface area contributed by atoms with Crippen molar-refractivity contribution in [2.75, 3.05) is 5.32 Å². The Morgan fingerprint density at radius 1 is 1.12 bits per heavy atom. The Bertz CT molecular complexity index is 727. The molecule has 4 aliphatic carbocycles. The molecule has 4 saturated carbocycles. The predicted octanol–water partition coefficient (Wildman–Crippen LogP) is 3.64. The van der Waals surface area contributed by atoms with E-state index < -0.39 is 6.10 Å². The minimum absolute atomic E-state index is 0.181. The van der Waals surface area contributed by atoms with Crippen molar-refractivity contribution >= 4 is 17.6 Å². The lowest BCUT2D eigenvalue weighted by molar-refractivity contribution is -0.177. The minimum Gasteiger partial charge on any atom is -0.452 e. The van der Waals surface area contributed by atoms with E-state index in [2.05, 4.69) is 5.32 Å². The number of nitrogens with one attached hydrogen (secondary N) is 1. The van der Waals surface area contributed by atoms with Gasteiger partial charge in [-0.25, -0.2) is 0 Å². The molecule has 5 nitrogen and oxygen atoms in total. The second-order valence-corrected chi connectivity index (χ2v) is 8.42. The number of carbonyl (C=O) groups excluding carboxylic acids is 2. The van der Waals surface area contributed by atoms with Crippen molar-refractivity contribution in [2.24, 2.45) is 23.2 Å². The molecule has 1 amide bonds. The van der Waals surface area contributed by atoms with Gasteiger partial charge in [-0.2, -0.15) is 5.26 Å². The summed E-state index contributed by atoms with van der Waals surface area (Å²) < 4.78 is 5.61. The van der Waals surface area contributed by atoms with Crippen LogP contribution in [0.1, 0.15) is 51.0 Å². The van der Waals surface area contributed by atoms with Gasteiger partial charge in [0, 0.05) is 5.69 Å². The number of esters is 1. The molecule has 0 spiro atoms. The molecule has 0 heterocycles. The maximum absolute atomic E-state index is 12.9. The van der Waals surface area contributed by atoms with E-state index in [1.807, 2.05) is 6.07 Å². The lowest BCUT2D eigenvalue weighted by Gasteiger charge is -2.55. The number of anilines is 1. The number of nitrogens with zero attached hydrogens (tertiary/aromatic N) is 1. The molecule has 1 N–H and O–H groups in total. The van der Waals surface area contributed by atoms with Crippen LogP contribution in [0.4, 0.5) is 5.69 Å². The second kappa shape index (κ2) is 6.42. The molecular formula is C21H24N2O3. The van der Waals surface area contributed by atoms with Crippen molar-refractivity contribution in [3.8, 4) is 6.07 Å². The van der Waals surface area contributed by atoms with Crippen LogP contribution in [0, 0.1) is 34.5 Å². The summed E-state index contributed by atoms with van der Waals surface area (Å²) in [5.41, 5.74) is 0.772. The molecule has 1 aromatic rings. The van der Waals surface area contributed by atoms with E-state index in [4.69, 9.17) is 10.00 Å². The normalized spacial score (nSPS) is 32.5. The van der Waals surface area contributed by atoms with E-state index in [1.54, 1.807) is 31.2 Å². The van der Waals surface area contributed by atoms with Gasteiger partial charge >= 0.3 is 5.97 Å². The maximum Gasteiger partial charge on any atom is 0.312 e. The Hall–Kier alpha value is -2.35. The fraction of sp³-hybridized carbons (Fsp3) is 0.571. The minimum atomic E-state index is -0.828. The molecule has 4 bridgehead atoms. The predicted molar refractivity (Wildman–Crippen MR) is 95.9 cm³/mol. The number of hydrogen-bond acceptors (Lipinski definition) is 4. The van der Waals surface area contributed by atoms with Crippen LogP contribution in [0.3, 0.4) is 0 Å². The number of nitriles is 1. The molecular weight excluding hydrogens is 328 g/mol. The summed E-state index contributed by atoms with van der Waals surface area (Å²) in [4.78, 5) is 25.3. The highest BCUT2D eigenvalue weighted by molar-refractivity contribution is 5.95. The molecule has 0 radical (unpaired) electrons. The Labute approximate surface area is 153 Å². The van der Waals surface area contributed by atoms with E-state index in [9.17, 15) is 9.59 Å². The molecule has 4 fully saturated rings. The topological polar surface area (TPSA) is 79.2 Å². The van der Waals surface area contributed by atoms with Gasteiger partial charge in [-0.1, -0.05) is 0 Å². The van der Waals surface area contributed by atoms with Crippen LogP contribution < -0.4 is 5.32 Å². The third-order valence-corrected chi connectivity index (χ3v) is 6.41. The molecule has 136 valence electrons. The van der Waals surface area contributed by atoms with Gasteiger partial charge in [-0.05, 0) is 87.5 Å². The highest BCUT2D eigenvalue weighted by Crippen LogP contribution is 2.60. The third kappa shape index (κ3) is 3.09. The van der Waals surface area contributed by atoms with Gasteiger partial charge in [0.15, 0.2) is 6.10 Å². The van der Waals surface area contributed by atoms with Gasteiger partial charge in [0.25, 0.3) is 5.91 Å². The summed E-state index contributed by atoms with van der Waals surface area (Å²) in [5, 5.41) is 11.6. The first kappa shape index (κ1) is 17.1. The first-order valence-electron chi connectivity index (χ1n) is 9.49. The molecule has 5 rings (SSSR count). The van der Waals surface area contributed by atoms with Crippen LogP contribution in [0.2, 0.25) is 0 Å².